The van der Waals surface area contributed by atoms with Crippen molar-refractivity contribution in [2.75, 3.05) is 19.0 Å². The Bertz CT molecular complexity index is 507. The molecular formula is C15H21FN2O3. The van der Waals surface area contributed by atoms with Crippen molar-refractivity contribution in [2.24, 2.45) is 0 Å². The van der Waals surface area contributed by atoms with Gasteiger partial charge in [0.1, 0.15) is 5.82 Å². The summed E-state index contributed by atoms with van der Waals surface area (Å²) in [5.74, 6) is -1.20. The number of carbonyl (C=O) groups excluding carboxylic acids is 2. The fraction of sp³-hybridized carbons (Fsp3) is 0.467. The Labute approximate surface area is 123 Å². The molecular weight excluding hydrogens is 275 g/mol. The number of anilines is 1. The van der Waals surface area contributed by atoms with Crippen molar-refractivity contribution in [3.63, 3.8) is 0 Å². The van der Waals surface area contributed by atoms with E-state index in [2.05, 4.69) is 15.4 Å². The molecule has 1 aromatic carbocycles. The van der Waals surface area contributed by atoms with Crippen molar-refractivity contribution >= 4 is 17.6 Å². The van der Waals surface area contributed by atoms with Gasteiger partial charge in [0.05, 0.1) is 25.8 Å². The van der Waals surface area contributed by atoms with Crippen LogP contribution in [0.2, 0.25) is 0 Å². The molecule has 1 aromatic rings. The largest absolute Gasteiger partial charge is 0.469 e. The maximum Gasteiger partial charge on any atom is 0.307 e. The molecule has 0 aliphatic rings. The molecule has 0 bridgehead atoms. The molecule has 1 atom stereocenters. The molecule has 0 aliphatic heterocycles. The second kappa shape index (κ2) is 7.73. The number of halogens is 1. The van der Waals surface area contributed by atoms with Crippen molar-refractivity contribution in [1.29, 1.82) is 0 Å². The Morgan fingerprint density at radius 2 is 2.00 bits per heavy atom. The van der Waals surface area contributed by atoms with Crippen LogP contribution in [0, 0.1) is 5.82 Å². The van der Waals surface area contributed by atoms with Crippen molar-refractivity contribution in [2.45, 2.75) is 32.2 Å². The topological polar surface area (TPSA) is 67.4 Å². The molecule has 0 aromatic heterocycles. The van der Waals surface area contributed by atoms with Gasteiger partial charge in [-0.2, -0.15) is 0 Å². The Hall–Kier alpha value is -1.95. The number of rotatable bonds is 7. The fourth-order valence-corrected chi connectivity index (χ4v) is 1.75. The number of methoxy groups -OCH3 is 1. The number of ether oxygens (including phenoxy) is 1. The molecule has 5 nitrogen and oxygen atoms in total. The number of amides is 1. The second-order valence-electron chi connectivity index (χ2n) is 5.05. The molecule has 1 rings (SSSR count). The molecule has 21 heavy (non-hydrogen) atoms. The standard InChI is InChI=1S/C15H21FN2O3/c1-4-15(2,9-14(20)21-3)17-10-13(19)18-12-8-6-5-7-11(12)16/h5-8,17H,4,9-10H2,1-3H3,(H,18,19)/t15-/m0/s1. The molecule has 0 fully saturated rings. The predicted octanol–water partition coefficient (Wildman–Crippen LogP) is 2.09. The van der Waals surface area contributed by atoms with Crippen molar-refractivity contribution in [1.82, 2.24) is 5.32 Å². The second-order valence-corrected chi connectivity index (χ2v) is 5.05. The minimum atomic E-state index is -0.542. The first-order chi connectivity index (χ1) is 9.90. The van der Waals surface area contributed by atoms with E-state index in [9.17, 15) is 14.0 Å². The molecule has 0 aliphatic carbocycles. The molecule has 1 amide bonds. The van der Waals surface area contributed by atoms with E-state index in [4.69, 9.17) is 0 Å². The van der Waals surface area contributed by atoms with E-state index in [1.54, 1.807) is 12.1 Å². The van der Waals surface area contributed by atoms with Crippen molar-refractivity contribution in [3.05, 3.63) is 30.1 Å². The Balaban J connectivity index is 2.55. The van der Waals surface area contributed by atoms with Crippen LogP contribution in [0.15, 0.2) is 24.3 Å². The van der Waals surface area contributed by atoms with Gasteiger partial charge < -0.3 is 15.4 Å². The summed E-state index contributed by atoms with van der Waals surface area (Å²) in [6.45, 7) is 3.72. The molecule has 6 heteroatoms. The molecule has 0 saturated heterocycles. The van der Waals surface area contributed by atoms with Gasteiger partial charge in [-0.15, -0.1) is 0 Å². The van der Waals surface area contributed by atoms with Crippen LogP contribution in [0.25, 0.3) is 0 Å². The van der Waals surface area contributed by atoms with Crippen LogP contribution in [-0.4, -0.2) is 31.1 Å². The van der Waals surface area contributed by atoms with E-state index in [0.29, 0.717) is 6.42 Å². The minimum absolute atomic E-state index is 0.0182. The predicted molar refractivity (Wildman–Crippen MR) is 78.4 cm³/mol. The summed E-state index contributed by atoms with van der Waals surface area (Å²) >= 11 is 0. The third kappa shape index (κ3) is 5.51. The lowest BCUT2D eigenvalue weighted by Crippen LogP contribution is -2.47. The zero-order chi connectivity index (χ0) is 15.9. The number of esters is 1. The van der Waals surface area contributed by atoms with E-state index in [-0.39, 0.29) is 30.5 Å². The van der Waals surface area contributed by atoms with Gasteiger partial charge in [0.15, 0.2) is 0 Å². The summed E-state index contributed by atoms with van der Waals surface area (Å²) in [6, 6.07) is 5.95. The number of para-hydroxylation sites is 1. The van der Waals surface area contributed by atoms with Gasteiger partial charge in [0, 0.05) is 5.54 Å². The van der Waals surface area contributed by atoms with Crippen LogP contribution in [0.3, 0.4) is 0 Å². The quantitative estimate of drug-likeness (QED) is 0.756. The number of nitrogens with one attached hydrogen (secondary N) is 2. The van der Waals surface area contributed by atoms with Crippen LogP contribution in [0.5, 0.6) is 0 Å². The number of hydrogen-bond acceptors (Lipinski definition) is 4. The smallest absolute Gasteiger partial charge is 0.307 e. The van der Waals surface area contributed by atoms with Crippen LogP contribution >= 0.6 is 0 Å². The maximum absolute atomic E-state index is 13.4. The summed E-state index contributed by atoms with van der Waals surface area (Å²) in [7, 11) is 1.32. The summed E-state index contributed by atoms with van der Waals surface area (Å²) in [6.07, 6.45) is 0.808. The summed E-state index contributed by atoms with van der Waals surface area (Å²) in [5.41, 5.74) is -0.407. The Morgan fingerprint density at radius 3 is 2.57 bits per heavy atom. The Kier molecular flexibility index (Phi) is 6.30. The lowest BCUT2D eigenvalue weighted by Gasteiger charge is -2.28. The first-order valence-electron chi connectivity index (χ1n) is 6.76. The molecule has 2 N–H and O–H groups in total. The maximum atomic E-state index is 13.4. The minimum Gasteiger partial charge on any atom is -0.469 e. The van der Waals surface area contributed by atoms with E-state index in [0.717, 1.165) is 0 Å². The van der Waals surface area contributed by atoms with Gasteiger partial charge >= 0.3 is 5.97 Å². The van der Waals surface area contributed by atoms with Crippen molar-refractivity contribution in [3.8, 4) is 0 Å². The lowest BCUT2D eigenvalue weighted by molar-refractivity contribution is -0.142. The normalized spacial score (nSPS) is 13.3. The van der Waals surface area contributed by atoms with Gasteiger partial charge in [-0.1, -0.05) is 19.1 Å². The first kappa shape index (κ1) is 17.1. The highest BCUT2D eigenvalue weighted by Gasteiger charge is 2.26. The summed E-state index contributed by atoms with van der Waals surface area (Å²) < 4.78 is 18.0. The Morgan fingerprint density at radius 1 is 1.33 bits per heavy atom. The average Bonchev–Trinajstić information content (AvgIpc) is 2.47. The molecule has 0 spiro atoms. The first-order valence-corrected chi connectivity index (χ1v) is 6.76. The molecule has 116 valence electrons. The summed E-state index contributed by atoms with van der Waals surface area (Å²) in [4.78, 5) is 23.2. The van der Waals surface area contributed by atoms with Gasteiger partial charge in [-0.3, -0.25) is 9.59 Å². The highest BCUT2D eigenvalue weighted by Crippen LogP contribution is 2.15. The van der Waals surface area contributed by atoms with E-state index in [1.165, 1.54) is 19.2 Å². The zero-order valence-electron chi connectivity index (χ0n) is 12.5. The average molecular weight is 296 g/mol. The molecule has 0 unspecified atom stereocenters. The van der Waals surface area contributed by atoms with Gasteiger partial charge in [-0.05, 0) is 25.5 Å². The third-order valence-corrected chi connectivity index (χ3v) is 3.37. The van der Waals surface area contributed by atoms with E-state index >= 15 is 0 Å². The molecule has 0 heterocycles. The number of hydrogen-bond donors (Lipinski definition) is 2. The van der Waals surface area contributed by atoms with E-state index < -0.39 is 11.4 Å². The molecule has 0 saturated carbocycles. The van der Waals surface area contributed by atoms with Gasteiger partial charge in [-0.25, -0.2) is 4.39 Å². The monoisotopic (exact) mass is 296 g/mol. The molecule has 0 radical (unpaired) electrons. The lowest BCUT2D eigenvalue weighted by atomic mass is 9.94. The fourth-order valence-electron chi connectivity index (χ4n) is 1.75. The van der Waals surface area contributed by atoms with Gasteiger partial charge in [0.2, 0.25) is 5.91 Å². The van der Waals surface area contributed by atoms with Crippen LogP contribution in [0.1, 0.15) is 26.7 Å². The SMILES string of the molecule is CC[C@@](C)(CC(=O)OC)NCC(=O)Nc1ccccc1F. The highest BCUT2D eigenvalue weighted by molar-refractivity contribution is 5.92. The third-order valence-electron chi connectivity index (χ3n) is 3.37. The van der Waals surface area contributed by atoms with Crippen LogP contribution in [-0.2, 0) is 14.3 Å². The van der Waals surface area contributed by atoms with Crippen LogP contribution in [0.4, 0.5) is 10.1 Å². The number of carbonyl (C=O) groups is 2. The zero-order valence-corrected chi connectivity index (χ0v) is 12.5. The summed E-state index contributed by atoms with van der Waals surface area (Å²) in [5, 5.41) is 5.50. The van der Waals surface area contributed by atoms with E-state index in [1.807, 2.05) is 13.8 Å². The van der Waals surface area contributed by atoms with Crippen LogP contribution < -0.4 is 10.6 Å². The van der Waals surface area contributed by atoms with Gasteiger partial charge in [0.25, 0.3) is 0 Å². The van der Waals surface area contributed by atoms with Crippen molar-refractivity contribution < 1.29 is 18.7 Å². The highest BCUT2D eigenvalue weighted by atomic mass is 19.1. The number of benzene rings is 1.